The van der Waals surface area contributed by atoms with Crippen LogP contribution in [0.1, 0.15) is 27.6 Å². The highest BCUT2D eigenvalue weighted by molar-refractivity contribution is 6.00. The van der Waals surface area contributed by atoms with Crippen molar-refractivity contribution in [3.63, 3.8) is 0 Å². The van der Waals surface area contributed by atoms with Crippen LogP contribution < -0.4 is 0 Å². The first-order chi connectivity index (χ1) is 15.6. The quantitative estimate of drug-likeness (QED) is 0.486. The maximum Gasteiger partial charge on any atom is 0.254 e. The average Bonchev–Trinajstić information content (AvgIpc) is 3.49. The highest BCUT2D eigenvalue weighted by atomic mass is 16.5. The molecule has 0 radical (unpaired) electrons. The normalized spacial score (nSPS) is 16.3. The molecule has 0 aliphatic carbocycles. The van der Waals surface area contributed by atoms with E-state index in [1.807, 2.05) is 73.6 Å². The van der Waals surface area contributed by atoms with E-state index < -0.39 is 0 Å². The number of carbonyl (C=O) groups is 1. The fourth-order valence-corrected chi connectivity index (χ4v) is 3.92. The van der Waals surface area contributed by atoms with Gasteiger partial charge < -0.3 is 14.1 Å². The van der Waals surface area contributed by atoms with Gasteiger partial charge in [-0.2, -0.15) is 5.10 Å². The highest BCUT2D eigenvalue weighted by Crippen LogP contribution is 2.30. The van der Waals surface area contributed by atoms with Crippen LogP contribution in [-0.2, 0) is 11.8 Å². The van der Waals surface area contributed by atoms with E-state index in [1.165, 1.54) is 5.56 Å². The van der Waals surface area contributed by atoms with E-state index in [0.717, 1.165) is 11.1 Å². The van der Waals surface area contributed by atoms with Gasteiger partial charge in [-0.3, -0.25) is 9.48 Å². The largest absolute Gasteiger partial charge is 0.436 e. The molecule has 0 spiro atoms. The van der Waals surface area contributed by atoms with Crippen molar-refractivity contribution in [2.45, 2.75) is 13.0 Å². The predicted octanol–water partition coefficient (Wildman–Crippen LogP) is 4.26. The number of hydrogen-bond donors (Lipinski definition) is 0. The van der Waals surface area contributed by atoms with Gasteiger partial charge in [0.05, 0.1) is 31.1 Å². The minimum atomic E-state index is -0.191. The Morgan fingerprint density at radius 1 is 1.09 bits per heavy atom. The summed E-state index contributed by atoms with van der Waals surface area (Å²) in [5.41, 5.74) is 4.34. The zero-order valence-electron chi connectivity index (χ0n) is 18.1. The second kappa shape index (κ2) is 8.43. The fraction of sp³-hybridized carbons (Fsp3) is 0.240. The second-order valence-electron chi connectivity index (χ2n) is 8.00. The number of benzene rings is 2. The molecule has 2 aromatic heterocycles. The Bertz CT molecular complexity index is 1240. The number of oxazole rings is 1. The van der Waals surface area contributed by atoms with Crippen molar-refractivity contribution in [1.29, 1.82) is 0 Å². The van der Waals surface area contributed by atoms with E-state index >= 15 is 0 Å². The van der Waals surface area contributed by atoms with Gasteiger partial charge in [-0.1, -0.05) is 42.0 Å². The summed E-state index contributed by atoms with van der Waals surface area (Å²) in [7, 11) is 1.87. The van der Waals surface area contributed by atoms with Gasteiger partial charge in [0.15, 0.2) is 5.76 Å². The van der Waals surface area contributed by atoms with Gasteiger partial charge in [-0.25, -0.2) is 4.98 Å². The van der Waals surface area contributed by atoms with E-state index in [1.54, 1.807) is 17.1 Å². The van der Waals surface area contributed by atoms with Crippen molar-refractivity contribution in [2.75, 3.05) is 19.7 Å². The van der Waals surface area contributed by atoms with Crippen molar-refractivity contribution < 1.29 is 13.9 Å². The van der Waals surface area contributed by atoms with Crippen LogP contribution in [0, 0.1) is 6.92 Å². The Balaban J connectivity index is 1.41. The van der Waals surface area contributed by atoms with Gasteiger partial charge in [0.25, 0.3) is 5.91 Å². The molecular formula is C25H24N4O3. The molecule has 1 amide bonds. The van der Waals surface area contributed by atoms with E-state index in [9.17, 15) is 4.79 Å². The third-order valence-corrected chi connectivity index (χ3v) is 5.68. The molecule has 4 aromatic rings. The second-order valence-corrected chi connectivity index (χ2v) is 8.00. The standard InChI is InChI=1S/C25H24N4O3/c1-17-7-9-18(10-8-17)22-14-26-24(32-22)20-5-3-4-6-21(20)25(30)29-11-12-31-23(16-29)19-13-27-28(2)15-19/h3-10,13-15,23H,11-12,16H2,1-2H3/t23-/m0/s1. The molecule has 1 atom stereocenters. The molecule has 1 aliphatic heterocycles. The summed E-state index contributed by atoms with van der Waals surface area (Å²) >= 11 is 0. The van der Waals surface area contributed by atoms with Gasteiger partial charge >= 0.3 is 0 Å². The van der Waals surface area contributed by atoms with E-state index in [4.69, 9.17) is 9.15 Å². The summed E-state index contributed by atoms with van der Waals surface area (Å²) in [6, 6.07) is 15.5. The number of morpholine rings is 1. The highest BCUT2D eigenvalue weighted by Gasteiger charge is 2.28. The minimum absolute atomic E-state index is 0.0622. The van der Waals surface area contributed by atoms with Gasteiger partial charge in [0.1, 0.15) is 6.10 Å². The molecule has 0 N–H and O–H groups in total. The molecule has 7 heteroatoms. The van der Waals surface area contributed by atoms with Crippen LogP contribution in [0.3, 0.4) is 0 Å². The van der Waals surface area contributed by atoms with Crippen molar-refractivity contribution in [3.05, 3.63) is 83.8 Å². The number of aromatic nitrogens is 3. The lowest BCUT2D eigenvalue weighted by atomic mass is 10.0. The molecule has 2 aromatic carbocycles. The summed E-state index contributed by atoms with van der Waals surface area (Å²) in [6.45, 7) is 3.52. The van der Waals surface area contributed by atoms with Crippen LogP contribution in [0.15, 0.2) is 71.5 Å². The van der Waals surface area contributed by atoms with Crippen molar-refractivity contribution in [1.82, 2.24) is 19.7 Å². The third kappa shape index (κ3) is 3.94. The van der Waals surface area contributed by atoms with E-state index in [-0.39, 0.29) is 12.0 Å². The molecule has 0 saturated carbocycles. The number of nitrogens with zero attached hydrogens (tertiary/aromatic N) is 4. The number of carbonyl (C=O) groups excluding carboxylic acids is 1. The molecule has 0 unspecified atom stereocenters. The van der Waals surface area contributed by atoms with Crippen LogP contribution in [0.5, 0.6) is 0 Å². The molecule has 162 valence electrons. The Morgan fingerprint density at radius 3 is 2.69 bits per heavy atom. The molecular weight excluding hydrogens is 404 g/mol. The van der Waals surface area contributed by atoms with Crippen molar-refractivity contribution in [3.8, 4) is 22.8 Å². The summed E-state index contributed by atoms with van der Waals surface area (Å²) in [6.07, 6.45) is 5.22. The fourth-order valence-electron chi connectivity index (χ4n) is 3.92. The van der Waals surface area contributed by atoms with Crippen LogP contribution >= 0.6 is 0 Å². The van der Waals surface area contributed by atoms with Crippen LogP contribution in [0.2, 0.25) is 0 Å². The monoisotopic (exact) mass is 428 g/mol. The number of hydrogen-bond acceptors (Lipinski definition) is 5. The van der Waals surface area contributed by atoms with E-state index in [2.05, 4.69) is 10.1 Å². The van der Waals surface area contributed by atoms with Crippen LogP contribution in [0.4, 0.5) is 0 Å². The predicted molar refractivity (Wildman–Crippen MR) is 120 cm³/mol. The molecule has 1 aliphatic rings. The van der Waals surface area contributed by atoms with Gasteiger partial charge in [-0.05, 0) is 19.1 Å². The van der Waals surface area contributed by atoms with Crippen molar-refractivity contribution >= 4 is 5.91 Å². The first kappa shape index (κ1) is 20.2. The smallest absolute Gasteiger partial charge is 0.254 e. The Morgan fingerprint density at radius 2 is 1.91 bits per heavy atom. The lowest BCUT2D eigenvalue weighted by molar-refractivity contribution is -0.0228. The van der Waals surface area contributed by atoms with Crippen molar-refractivity contribution in [2.24, 2.45) is 7.05 Å². The zero-order chi connectivity index (χ0) is 22.1. The summed E-state index contributed by atoms with van der Waals surface area (Å²) in [5, 5.41) is 4.22. The minimum Gasteiger partial charge on any atom is -0.436 e. The third-order valence-electron chi connectivity index (χ3n) is 5.68. The Labute approximate surface area is 186 Å². The number of aryl methyl sites for hydroxylation is 2. The maximum absolute atomic E-state index is 13.5. The van der Waals surface area contributed by atoms with Gasteiger partial charge in [-0.15, -0.1) is 0 Å². The lowest BCUT2D eigenvalue weighted by Gasteiger charge is -2.33. The molecule has 7 nitrogen and oxygen atoms in total. The molecule has 5 rings (SSSR count). The van der Waals surface area contributed by atoms with E-state index in [0.29, 0.717) is 42.5 Å². The maximum atomic E-state index is 13.5. The number of rotatable bonds is 4. The van der Waals surface area contributed by atoms with Gasteiger partial charge in [0.2, 0.25) is 5.89 Å². The molecule has 1 fully saturated rings. The first-order valence-corrected chi connectivity index (χ1v) is 10.6. The topological polar surface area (TPSA) is 73.4 Å². The average molecular weight is 428 g/mol. The number of amides is 1. The molecule has 3 heterocycles. The van der Waals surface area contributed by atoms with Crippen LogP contribution in [0.25, 0.3) is 22.8 Å². The molecule has 0 bridgehead atoms. The Hall–Kier alpha value is -3.71. The zero-order valence-corrected chi connectivity index (χ0v) is 18.1. The first-order valence-electron chi connectivity index (χ1n) is 10.6. The lowest BCUT2D eigenvalue weighted by Crippen LogP contribution is -2.42. The van der Waals surface area contributed by atoms with Gasteiger partial charge in [0, 0.05) is 36.5 Å². The van der Waals surface area contributed by atoms with Crippen LogP contribution in [-0.4, -0.2) is 45.3 Å². The summed E-state index contributed by atoms with van der Waals surface area (Å²) < 4.78 is 13.7. The molecule has 1 saturated heterocycles. The molecule has 32 heavy (non-hydrogen) atoms. The SMILES string of the molecule is Cc1ccc(-c2cnc(-c3ccccc3C(=O)N3CCO[C@H](c4cnn(C)c4)C3)o2)cc1. The number of ether oxygens (including phenoxy) is 1. The summed E-state index contributed by atoms with van der Waals surface area (Å²) in [4.78, 5) is 19.8. The Kier molecular flexibility index (Phi) is 5.33. The summed E-state index contributed by atoms with van der Waals surface area (Å²) in [5.74, 6) is 1.04.